The number of benzene rings is 1. The van der Waals surface area contributed by atoms with Crippen LogP contribution in [0.25, 0.3) is 0 Å². The van der Waals surface area contributed by atoms with E-state index in [9.17, 15) is 14.6 Å². The van der Waals surface area contributed by atoms with E-state index in [0.29, 0.717) is 12.0 Å². The Morgan fingerprint density at radius 2 is 1.80 bits per heavy atom. The molecule has 0 bridgehead atoms. The molecule has 1 aromatic rings. The number of hydrogen-bond acceptors (Lipinski definition) is 2. The number of halogens is 1. The Labute approximate surface area is 89.4 Å². The van der Waals surface area contributed by atoms with Crippen LogP contribution >= 0.6 is 0 Å². The van der Waals surface area contributed by atoms with E-state index in [0.717, 1.165) is 12.8 Å². The zero-order chi connectivity index (χ0) is 11.3. The van der Waals surface area contributed by atoms with Gasteiger partial charge in [0.05, 0.1) is 6.10 Å². The molecule has 1 unspecified atom stereocenters. The van der Waals surface area contributed by atoms with Crippen molar-refractivity contribution in [1.29, 1.82) is 0 Å². The Hall–Kier alpha value is -0.930. The minimum atomic E-state index is -0.919. The van der Waals surface area contributed by atoms with E-state index < -0.39 is 12.2 Å². The van der Waals surface area contributed by atoms with Crippen molar-refractivity contribution in [2.75, 3.05) is 0 Å². The normalized spacial score (nSPS) is 14.9. The SMILES string of the molecule is CCCCC(O)[C@@H](O)c1ccc(F)cc1. The molecule has 0 saturated heterocycles. The molecule has 2 atom stereocenters. The Morgan fingerprint density at radius 3 is 2.33 bits per heavy atom. The van der Waals surface area contributed by atoms with Crippen molar-refractivity contribution in [1.82, 2.24) is 0 Å². The summed E-state index contributed by atoms with van der Waals surface area (Å²) in [5, 5.41) is 19.4. The summed E-state index contributed by atoms with van der Waals surface area (Å²) >= 11 is 0. The second-order valence-electron chi connectivity index (χ2n) is 3.71. The molecular weight excluding hydrogens is 195 g/mol. The van der Waals surface area contributed by atoms with Gasteiger partial charge in [0.25, 0.3) is 0 Å². The van der Waals surface area contributed by atoms with Crippen LogP contribution in [-0.2, 0) is 0 Å². The molecule has 84 valence electrons. The van der Waals surface area contributed by atoms with Gasteiger partial charge in [-0.3, -0.25) is 0 Å². The van der Waals surface area contributed by atoms with Crippen molar-refractivity contribution in [3.8, 4) is 0 Å². The minimum Gasteiger partial charge on any atom is -0.390 e. The summed E-state index contributed by atoms with van der Waals surface area (Å²) in [5.41, 5.74) is 0.556. The lowest BCUT2D eigenvalue weighted by Crippen LogP contribution is -2.17. The fourth-order valence-electron chi connectivity index (χ4n) is 1.45. The van der Waals surface area contributed by atoms with Crippen LogP contribution in [0.15, 0.2) is 24.3 Å². The highest BCUT2D eigenvalue weighted by Gasteiger charge is 2.17. The Balaban J connectivity index is 2.59. The van der Waals surface area contributed by atoms with E-state index in [1.807, 2.05) is 6.92 Å². The quantitative estimate of drug-likeness (QED) is 0.786. The van der Waals surface area contributed by atoms with Gasteiger partial charge in [-0.25, -0.2) is 4.39 Å². The van der Waals surface area contributed by atoms with Crippen molar-refractivity contribution < 1.29 is 14.6 Å². The molecule has 0 aromatic heterocycles. The first-order chi connectivity index (χ1) is 7.15. The first-order valence-corrected chi connectivity index (χ1v) is 5.26. The van der Waals surface area contributed by atoms with Crippen LogP contribution in [-0.4, -0.2) is 16.3 Å². The maximum atomic E-state index is 12.6. The molecule has 2 nitrogen and oxygen atoms in total. The van der Waals surface area contributed by atoms with Crippen LogP contribution in [0.1, 0.15) is 37.9 Å². The molecule has 0 heterocycles. The maximum Gasteiger partial charge on any atom is 0.123 e. The fourth-order valence-corrected chi connectivity index (χ4v) is 1.45. The van der Waals surface area contributed by atoms with Crippen LogP contribution in [0.5, 0.6) is 0 Å². The van der Waals surface area contributed by atoms with Gasteiger partial charge in [-0.05, 0) is 24.1 Å². The molecule has 0 spiro atoms. The molecule has 0 saturated carbocycles. The summed E-state index contributed by atoms with van der Waals surface area (Å²) in [4.78, 5) is 0. The number of aliphatic hydroxyl groups is 2. The van der Waals surface area contributed by atoms with Gasteiger partial charge in [0, 0.05) is 0 Å². The molecule has 15 heavy (non-hydrogen) atoms. The van der Waals surface area contributed by atoms with Crippen LogP contribution in [0.4, 0.5) is 4.39 Å². The molecule has 0 aliphatic heterocycles. The summed E-state index contributed by atoms with van der Waals surface area (Å²) in [7, 11) is 0. The van der Waals surface area contributed by atoms with Gasteiger partial charge in [-0.2, -0.15) is 0 Å². The maximum absolute atomic E-state index is 12.6. The molecule has 0 radical (unpaired) electrons. The van der Waals surface area contributed by atoms with Crippen LogP contribution in [0.3, 0.4) is 0 Å². The van der Waals surface area contributed by atoms with E-state index >= 15 is 0 Å². The van der Waals surface area contributed by atoms with E-state index in [1.165, 1.54) is 24.3 Å². The Kier molecular flexibility index (Phi) is 4.72. The summed E-state index contributed by atoms with van der Waals surface area (Å²) < 4.78 is 12.6. The average Bonchev–Trinajstić information content (AvgIpc) is 2.26. The Morgan fingerprint density at radius 1 is 1.20 bits per heavy atom. The molecule has 0 aliphatic rings. The van der Waals surface area contributed by atoms with Crippen molar-refractivity contribution >= 4 is 0 Å². The number of hydrogen-bond donors (Lipinski definition) is 2. The fraction of sp³-hybridized carbons (Fsp3) is 0.500. The molecular formula is C12H17FO2. The van der Waals surface area contributed by atoms with E-state index in [4.69, 9.17) is 0 Å². The minimum absolute atomic E-state index is 0.339. The van der Waals surface area contributed by atoms with Gasteiger partial charge < -0.3 is 10.2 Å². The highest BCUT2D eigenvalue weighted by atomic mass is 19.1. The monoisotopic (exact) mass is 212 g/mol. The van der Waals surface area contributed by atoms with Gasteiger partial charge >= 0.3 is 0 Å². The third-order valence-corrected chi connectivity index (χ3v) is 2.43. The highest BCUT2D eigenvalue weighted by molar-refractivity contribution is 5.19. The van der Waals surface area contributed by atoms with Crippen molar-refractivity contribution in [2.24, 2.45) is 0 Å². The molecule has 0 fully saturated rings. The first kappa shape index (κ1) is 12.1. The summed E-state index contributed by atoms with van der Waals surface area (Å²) in [6, 6.07) is 5.56. The number of aliphatic hydroxyl groups excluding tert-OH is 2. The predicted octanol–water partition coefficient (Wildman–Crippen LogP) is 2.41. The smallest absolute Gasteiger partial charge is 0.123 e. The van der Waals surface area contributed by atoms with Gasteiger partial charge in [0.1, 0.15) is 11.9 Å². The standard InChI is InChI=1S/C12H17FO2/c1-2-3-4-11(14)12(15)9-5-7-10(13)8-6-9/h5-8,11-12,14-15H,2-4H2,1H3/t11?,12-/m0/s1. The van der Waals surface area contributed by atoms with Crippen molar-refractivity contribution in [2.45, 2.75) is 38.4 Å². The summed E-state index contributed by atoms with van der Waals surface area (Å²) in [5.74, 6) is -0.339. The van der Waals surface area contributed by atoms with E-state index in [1.54, 1.807) is 0 Å². The Bertz CT molecular complexity index is 284. The molecule has 3 heteroatoms. The zero-order valence-corrected chi connectivity index (χ0v) is 8.86. The molecule has 1 rings (SSSR count). The summed E-state index contributed by atoms with van der Waals surface area (Å²) in [6.45, 7) is 2.02. The van der Waals surface area contributed by atoms with Gasteiger partial charge in [-0.15, -0.1) is 0 Å². The van der Waals surface area contributed by atoms with Crippen LogP contribution < -0.4 is 0 Å². The second kappa shape index (κ2) is 5.83. The average molecular weight is 212 g/mol. The third-order valence-electron chi connectivity index (χ3n) is 2.43. The molecule has 0 amide bonds. The highest BCUT2D eigenvalue weighted by Crippen LogP contribution is 2.20. The molecule has 2 N–H and O–H groups in total. The van der Waals surface area contributed by atoms with Crippen LogP contribution in [0.2, 0.25) is 0 Å². The lowest BCUT2D eigenvalue weighted by atomic mass is 10.0. The topological polar surface area (TPSA) is 40.5 Å². The van der Waals surface area contributed by atoms with Gasteiger partial charge in [0.2, 0.25) is 0 Å². The van der Waals surface area contributed by atoms with Crippen molar-refractivity contribution in [3.63, 3.8) is 0 Å². The number of rotatable bonds is 5. The van der Waals surface area contributed by atoms with Crippen molar-refractivity contribution in [3.05, 3.63) is 35.6 Å². The zero-order valence-electron chi connectivity index (χ0n) is 8.86. The second-order valence-corrected chi connectivity index (χ2v) is 3.71. The molecule has 1 aromatic carbocycles. The lowest BCUT2D eigenvalue weighted by molar-refractivity contribution is 0.0122. The summed E-state index contributed by atoms with van der Waals surface area (Å²) in [6.07, 6.45) is 0.731. The predicted molar refractivity (Wildman–Crippen MR) is 56.9 cm³/mol. The van der Waals surface area contributed by atoms with Gasteiger partial charge in [-0.1, -0.05) is 31.9 Å². The third kappa shape index (κ3) is 3.61. The van der Waals surface area contributed by atoms with Crippen LogP contribution in [0, 0.1) is 5.82 Å². The lowest BCUT2D eigenvalue weighted by Gasteiger charge is -2.17. The van der Waals surface area contributed by atoms with Gasteiger partial charge in [0.15, 0.2) is 0 Å². The largest absolute Gasteiger partial charge is 0.390 e. The van der Waals surface area contributed by atoms with E-state index in [-0.39, 0.29) is 5.82 Å². The van der Waals surface area contributed by atoms with E-state index in [2.05, 4.69) is 0 Å². The molecule has 0 aliphatic carbocycles. The first-order valence-electron chi connectivity index (χ1n) is 5.26. The number of unbranched alkanes of at least 4 members (excludes halogenated alkanes) is 1.